The van der Waals surface area contributed by atoms with Crippen molar-refractivity contribution in [3.05, 3.63) is 12.7 Å². The first kappa shape index (κ1) is 10.8. The van der Waals surface area contributed by atoms with Gasteiger partial charge in [0.25, 0.3) is 0 Å². The molecule has 0 fully saturated rings. The number of methoxy groups -OCH3 is 1. The molecule has 7 nitrogen and oxygen atoms in total. The van der Waals surface area contributed by atoms with Crippen molar-refractivity contribution in [2.24, 2.45) is 0 Å². The Morgan fingerprint density at radius 2 is 2.38 bits per heavy atom. The van der Waals surface area contributed by atoms with E-state index in [0.717, 1.165) is 0 Å². The Morgan fingerprint density at radius 3 is 3.06 bits per heavy atom. The van der Waals surface area contributed by atoms with Crippen molar-refractivity contribution < 1.29 is 9.30 Å². The third kappa shape index (κ3) is 1.72. The van der Waals surface area contributed by atoms with E-state index in [1.807, 2.05) is 0 Å². The molecule has 2 aromatic rings. The number of rotatable bonds is 2. The summed E-state index contributed by atoms with van der Waals surface area (Å²) >= 11 is 0. The average molecular weight is 237 g/mol. The molecule has 1 atom stereocenters. The summed E-state index contributed by atoms with van der Waals surface area (Å²) in [5.74, 6) is 0.290. The fourth-order valence-electron chi connectivity index (χ4n) is 1.32. The van der Waals surface area contributed by atoms with Crippen LogP contribution in [0.2, 0.25) is 0 Å². The fourth-order valence-corrected chi connectivity index (χ4v) is 1.64. The van der Waals surface area contributed by atoms with E-state index in [1.165, 1.54) is 19.8 Å². The van der Waals surface area contributed by atoms with E-state index < -0.39 is 6.23 Å². The molecule has 0 amide bonds. The van der Waals surface area contributed by atoms with E-state index in [0.29, 0.717) is 17.0 Å². The van der Waals surface area contributed by atoms with Crippen LogP contribution in [0.15, 0.2) is 12.7 Å². The molecule has 16 heavy (non-hydrogen) atoms. The first-order valence-corrected chi connectivity index (χ1v) is 5.13. The molecule has 0 radical (unpaired) electrons. The molecular weight excluding hydrogens is 229 g/mol. The molecule has 2 heterocycles. The van der Waals surface area contributed by atoms with Crippen molar-refractivity contribution in [1.82, 2.24) is 19.5 Å². The van der Waals surface area contributed by atoms with E-state index in [1.54, 1.807) is 4.57 Å². The zero-order valence-electron chi connectivity index (χ0n) is 8.36. The molecule has 0 aliphatic rings. The van der Waals surface area contributed by atoms with Crippen molar-refractivity contribution in [3.8, 4) is 5.63 Å². The van der Waals surface area contributed by atoms with Gasteiger partial charge in [-0.3, -0.25) is 0 Å². The second-order valence-corrected chi connectivity index (χ2v) is 3.33. The van der Waals surface area contributed by atoms with Gasteiger partial charge in [0.15, 0.2) is 0 Å². The zero-order valence-corrected chi connectivity index (χ0v) is 9.26. The second-order valence-electron chi connectivity index (χ2n) is 2.89. The van der Waals surface area contributed by atoms with Crippen LogP contribution in [-0.4, -0.2) is 26.6 Å². The van der Waals surface area contributed by atoms with E-state index in [2.05, 4.69) is 20.6 Å². The average Bonchev–Trinajstić information content (AvgIpc) is 2.71. The number of nitrogen functional groups attached to an aromatic ring is 1. The first-order valence-electron chi connectivity index (χ1n) is 4.31. The quantitative estimate of drug-likeness (QED) is 0.776. The van der Waals surface area contributed by atoms with Crippen LogP contribution in [0.25, 0.3) is 11.2 Å². The van der Waals surface area contributed by atoms with Gasteiger partial charge in [0.2, 0.25) is 0 Å². The Bertz CT molecular complexity index is 619. The number of nitrogens with zero attached hydrogens (tertiary/aromatic N) is 4. The van der Waals surface area contributed by atoms with Crippen molar-refractivity contribution >= 4 is 24.9 Å². The van der Waals surface area contributed by atoms with Crippen LogP contribution < -0.4 is 5.73 Å². The molecule has 0 aliphatic heterocycles. The third-order valence-electron chi connectivity index (χ3n) is 2.03. The molecule has 1 unspecified atom stereocenters. The SMILES string of the molecule is COC(C#P=O)n1cnc2c(N)ncnc21. The first-order chi connectivity index (χ1) is 7.77. The van der Waals surface area contributed by atoms with E-state index in [9.17, 15) is 4.57 Å². The number of hydrogen-bond acceptors (Lipinski definition) is 6. The van der Waals surface area contributed by atoms with Gasteiger partial charge in [-0.05, 0) is 0 Å². The van der Waals surface area contributed by atoms with Gasteiger partial charge in [-0.2, -0.15) is 0 Å². The number of nitrogens with two attached hydrogens (primary N) is 1. The molecule has 82 valence electrons. The van der Waals surface area contributed by atoms with Crippen LogP contribution in [0, 0.1) is 5.63 Å². The van der Waals surface area contributed by atoms with Crippen LogP contribution in [0.4, 0.5) is 5.82 Å². The predicted octanol–water partition coefficient (Wildman–Crippen LogP) is 0.804. The van der Waals surface area contributed by atoms with Gasteiger partial charge in [-0.1, -0.05) is 0 Å². The van der Waals surface area contributed by atoms with E-state index in [-0.39, 0.29) is 7.92 Å². The Hall–Kier alpha value is -1.68. The van der Waals surface area contributed by atoms with Crippen molar-refractivity contribution in [2.45, 2.75) is 6.23 Å². The normalized spacial score (nSPS) is 12.3. The van der Waals surface area contributed by atoms with Crippen LogP contribution >= 0.6 is 7.92 Å². The molecule has 2 aromatic heterocycles. The summed E-state index contributed by atoms with van der Waals surface area (Å²) in [7, 11) is 1.22. The van der Waals surface area contributed by atoms with E-state index in [4.69, 9.17) is 10.5 Å². The number of ether oxygens (including phenoxy) is 1. The number of imidazole rings is 1. The Balaban J connectivity index is 2.64. The maximum atomic E-state index is 10.5. The standard InChI is InChI=1S/C8H8N5O2P/c1-15-5(2-16-14)13-4-12-6-7(9)10-3-11-8(6)13/h3-5H,1H3,(H2,9,10,11). The van der Waals surface area contributed by atoms with Crippen LogP contribution in [0.3, 0.4) is 0 Å². The molecule has 0 spiro atoms. The summed E-state index contributed by atoms with van der Waals surface area (Å²) in [4.78, 5) is 11.9. The second kappa shape index (κ2) is 4.45. The molecule has 0 aromatic carbocycles. The van der Waals surface area contributed by atoms with Gasteiger partial charge in [-0.15, -0.1) is 0 Å². The van der Waals surface area contributed by atoms with Gasteiger partial charge in [0.05, 0.1) is 0 Å². The van der Waals surface area contributed by atoms with Gasteiger partial charge in [0.1, 0.15) is 0 Å². The van der Waals surface area contributed by atoms with E-state index >= 15 is 0 Å². The summed E-state index contributed by atoms with van der Waals surface area (Å²) < 4.78 is 17.1. The van der Waals surface area contributed by atoms with Gasteiger partial charge in [0, 0.05) is 0 Å². The number of fused-ring (bicyclic) bond motifs is 1. The van der Waals surface area contributed by atoms with Gasteiger partial charge < -0.3 is 0 Å². The number of aromatic nitrogens is 4. The van der Waals surface area contributed by atoms with Crippen molar-refractivity contribution in [1.29, 1.82) is 0 Å². The molecule has 0 bridgehead atoms. The maximum absolute atomic E-state index is 10.5. The summed E-state index contributed by atoms with van der Waals surface area (Å²) in [5, 5.41) is 0. The van der Waals surface area contributed by atoms with Crippen LogP contribution in [0.5, 0.6) is 0 Å². The Morgan fingerprint density at radius 1 is 1.56 bits per heavy atom. The molecule has 8 heteroatoms. The third-order valence-corrected chi connectivity index (χ3v) is 2.35. The summed E-state index contributed by atoms with van der Waals surface area (Å²) in [6.45, 7) is 0. The molecular formula is C8H8N5O2P. The summed E-state index contributed by atoms with van der Waals surface area (Å²) in [6, 6.07) is 0. The minimum atomic E-state index is -0.626. The summed E-state index contributed by atoms with van der Waals surface area (Å²) in [5.41, 5.74) is 9.19. The summed E-state index contributed by atoms with van der Waals surface area (Å²) in [6.07, 6.45) is 2.19. The van der Waals surface area contributed by atoms with Crippen LogP contribution in [0.1, 0.15) is 6.23 Å². The number of anilines is 1. The molecule has 2 rings (SSSR count). The number of hydrogen-bond donors (Lipinski definition) is 1. The Kier molecular flexibility index (Phi) is 3.01. The van der Waals surface area contributed by atoms with Gasteiger partial charge in [-0.25, -0.2) is 0 Å². The predicted molar refractivity (Wildman–Crippen MR) is 57.3 cm³/mol. The monoisotopic (exact) mass is 237 g/mol. The molecule has 0 saturated heterocycles. The Labute approximate surface area is 91.8 Å². The fraction of sp³-hybridized carbons (Fsp3) is 0.250. The van der Waals surface area contributed by atoms with Crippen LogP contribution in [-0.2, 0) is 9.30 Å². The zero-order chi connectivity index (χ0) is 11.5. The molecule has 0 saturated carbocycles. The van der Waals surface area contributed by atoms with Gasteiger partial charge >= 0.3 is 91.1 Å². The van der Waals surface area contributed by atoms with Crippen molar-refractivity contribution in [2.75, 3.05) is 12.8 Å². The van der Waals surface area contributed by atoms with Crippen molar-refractivity contribution in [3.63, 3.8) is 0 Å². The topological polar surface area (TPSA) is 95.9 Å². The molecule has 2 N–H and O–H groups in total. The molecule has 0 aliphatic carbocycles. The minimum absolute atomic E-state index is 0.250.